The summed E-state index contributed by atoms with van der Waals surface area (Å²) < 4.78 is 0. The fraction of sp³-hybridized carbons (Fsp3) is 0.176. The van der Waals surface area contributed by atoms with Gasteiger partial charge >= 0.3 is 0 Å². The maximum absolute atomic E-state index is 12.5. The zero-order chi connectivity index (χ0) is 15.0. The number of fused-ring (bicyclic) bond motifs is 1. The van der Waals surface area contributed by atoms with Gasteiger partial charge in [0, 0.05) is 11.6 Å². The van der Waals surface area contributed by atoms with Crippen LogP contribution in [-0.4, -0.2) is 11.8 Å². The van der Waals surface area contributed by atoms with E-state index < -0.39 is 0 Å². The zero-order valence-corrected chi connectivity index (χ0v) is 11.7. The summed E-state index contributed by atoms with van der Waals surface area (Å²) in [6.45, 7) is 1.89. The Morgan fingerprint density at radius 1 is 1.05 bits per heavy atom. The molecule has 0 saturated heterocycles. The Kier molecular flexibility index (Phi) is 3.31. The van der Waals surface area contributed by atoms with Gasteiger partial charge in [0.25, 0.3) is 5.91 Å². The van der Waals surface area contributed by atoms with Crippen LogP contribution in [0.3, 0.4) is 0 Å². The number of nitrogens with zero attached hydrogens (tertiary/aromatic N) is 1. The van der Waals surface area contributed by atoms with Gasteiger partial charge in [0.1, 0.15) is 0 Å². The highest BCUT2D eigenvalue weighted by Gasteiger charge is 2.31. The van der Waals surface area contributed by atoms with Gasteiger partial charge in [0.15, 0.2) is 0 Å². The fourth-order valence-electron chi connectivity index (χ4n) is 2.55. The highest BCUT2D eigenvalue weighted by atomic mass is 16.2. The molecule has 4 heteroatoms. The lowest BCUT2D eigenvalue weighted by atomic mass is 9.98. The van der Waals surface area contributed by atoms with Gasteiger partial charge in [-0.25, -0.2) is 4.90 Å². The van der Waals surface area contributed by atoms with Crippen molar-refractivity contribution >= 4 is 17.5 Å². The van der Waals surface area contributed by atoms with Crippen LogP contribution in [0, 0.1) is 0 Å². The number of anilines is 1. The van der Waals surface area contributed by atoms with Crippen LogP contribution in [0.4, 0.5) is 5.69 Å². The number of carbonyl (C=O) groups excluding carboxylic acids is 2. The maximum atomic E-state index is 12.5. The van der Waals surface area contributed by atoms with Crippen molar-refractivity contribution in [1.29, 1.82) is 0 Å². The molecule has 1 unspecified atom stereocenters. The molecule has 2 aromatic rings. The molecule has 0 saturated carbocycles. The summed E-state index contributed by atoms with van der Waals surface area (Å²) >= 11 is 0. The van der Waals surface area contributed by atoms with Crippen molar-refractivity contribution in [2.24, 2.45) is 5.73 Å². The molecule has 1 aliphatic heterocycles. The van der Waals surface area contributed by atoms with E-state index in [0.29, 0.717) is 11.3 Å². The number of hydrogen-bond donors (Lipinski definition) is 1. The molecule has 2 aromatic carbocycles. The summed E-state index contributed by atoms with van der Waals surface area (Å²) in [6.07, 6.45) is 0.247. The van der Waals surface area contributed by atoms with Crippen molar-refractivity contribution in [1.82, 2.24) is 0 Å². The Labute approximate surface area is 123 Å². The quantitative estimate of drug-likeness (QED) is 0.859. The van der Waals surface area contributed by atoms with Gasteiger partial charge in [0.2, 0.25) is 5.91 Å². The number of amides is 2. The summed E-state index contributed by atoms with van der Waals surface area (Å²) in [6, 6.07) is 14.4. The Bertz CT molecular complexity index is 705. The zero-order valence-electron chi connectivity index (χ0n) is 11.7. The first-order valence-corrected chi connectivity index (χ1v) is 6.88. The summed E-state index contributed by atoms with van der Waals surface area (Å²) in [5, 5.41) is 0. The van der Waals surface area contributed by atoms with Crippen LogP contribution in [0.15, 0.2) is 48.5 Å². The average Bonchev–Trinajstić information content (AvgIpc) is 2.48. The highest BCUT2D eigenvalue weighted by molar-refractivity contribution is 6.24. The van der Waals surface area contributed by atoms with E-state index in [1.807, 2.05) is 37.3 Å². The summed E-state index contributed by atoms with van der Waals surface area (Å²) in [7, 11) is 0. The minimum absolute atomic E-state index is 0.0764. The third-order valence-corrected chi connectivity index (χ3v) is 3.72. The monoisotopic (exact) mass is 280 g/mol. The number of imide groups is 1. The van der Waals surface area contributed by atoms with Crippen molar-refractivity contribution in [2.45, 2.75) is 19.4 Å². The first-order chi connectivity index (χ1) is 10.1. The van der Waals surface area contributed by atoms with Crippen LogP contribution in [0.25, 0.3) is 0 Å². The lowest BCUT2D eigenvalue weighted by Crippen LogP contribution is -2.42. The second-order valence-corrected chi connectivity index (χ2v) is 5.25. The number of nitrogens with two attached hydrogens (primary N) is 1. The van der Waals surface area contributed by atoms with Crippen molar-refractivity contribution < 1.29 is 9.59 Å². The molecule has 0 bridgehead atoms. The van der Waals surface area contributed by atoms with Gasteiger partial charge in [-0.05, 0) is 36.2 Å². The van der Waals surface area contributed by atoms with Gasteiger partial charge in [-0.3, -0.25) is 9.59 Å². The van der Waals surface area contributed by atoms with Gasteiger partial charge in [-0.15, -0.1) is 0 Å². The number of benzene rings is 2. The Morgan fingerprint density at radius 2 is 1.71 bits per heavy atom. The second-order valence-electron chi connectivity index (χ2n) is 5.25. The average molecular weight is 280 g/mol. The minimum Gasteiger partial charge on any atom is -0.324 e. The smallest absolute Gasteiger partial charge is 0.265 e. The predicted octanol–water partition coefficient (Wildman–Crippen LogP) is 2.44. The molecule has 1 aliphatic rings. The number of carbonyl (C=O) groups is 2. The van der Waals surface area contributed by atoms with Crippen molar-refractivity contribution in [3.05, 3.63) is 65.2 Å². The molecule has 0 radical (unpaired) electrons. The third kappa shape index (κ3) is 2.34. The van der Waals surface area contributed by atoms with E-state index in [2.05, 4.69) is 0 Å². The van der Waals surface area contributed by atoms with E-state index in [0.717, 1.165) is 11.1 Å². The van der Waals surface area contributed by atoms with E-state index in [-0.39, 0.29) is 24.3 Å². The minimum atomic E-state index is -0.268. The van der Waals surface area contributed by atoms with E-state index in [1.165, 1.54) is 4.90 Å². The molecule has 21 heavy (non-hydrogen) atoms. The molecule has 1 heterocycles. The van der Waals surface area contributed by atoms with E-state index in [9.17, 15) is 9.59 Å². The van der Waals surface area contributed by atoms with Crippen LogP contribution in [0.5, 0.6) is 0 Å². The van der Waals surface area contributed by atoms with Gasteiger partial charge in [-0.2, -0.15) is 0 Å². The predicted molar refractivity (Wildman–Crippen MR) is 81.0 cm³/mol. The van der Waals surface area contributed by atoms with Crippen molar-refractivity contribution in [2.75, 3.05) is 4.90 Å². The van der Waals surface area contributed by atoms with Crippen LogP contribution >= 0.6 is 0 Å². The molecule has 2 amide bonds. The summed E-state index contributed by atoms with van der Waals surface area (Å²) in [5.74, 6) is -0.470. The molecule has 0 aromatic heterocycles. The van der Waals surface area contributed by atoms with Crippen molar-refractivity contribution in [3.8, 4) is 0 Å². The molecule has 1 atom stereocenters. The first-order valence-electron chi connectivity index (χ1n) is 6.88. The molecular weight excluding hydrogens is 264 g/mol. The van der Waals surface area contributed by atoms with E-state index in [4.69, 9.17) is 5.73 Å². The van der Waals surface area contributed by atoms with Gasteiger partial charge in [-0.1, -0.05) is 30.3 Å². The Morgan fingerprint density at radius 3 is 2.38 bits per heavy atom. The molecular formula is C17H16N2O2. The van der Waals surface area contributed by atoms with Gasteiger partial charge in [0.05, 0.1) is 12.1 Å². The van der Waals surface area contributed by atoms with E-state index >= 15 is 0 Å². The van der Waals surface area contributed by atoms with Crippen LogP contribution in [-0.2, 0) is 11.2 Å². The lowest BCUT2D eigenvalue weighted by Gasteiger charge is -2.27. The Balaban J connectivity index is 1.99. The topological polar surface area (TPSA) is 63.4 Å². The second kappa shape index (κ2) is 5.14. The lowest BCUT2D eigenvalue weighted by molar-refractivity contribution is -0.117. The SMILES string of the molecule is CC(N)c1ccc(N2C(=O)Cc3ccccc3C2=O)cc1. The summed E-state index contributed by atoms with van der Waals surface area (Å²) in [5.41, 5.74) is 8.75. The molecule has 2 N–H and O–H groups in total. The van der Waals surface area contributed by atoms with Crippen LogP contribution in [0.2, 0.25) is 0 Å². The molecule has 4 nitrogen and oxygen atoms in total. The van der Waals surface area contributed by atoms with Crippen LogP contribution < -0.4 is 10.6 Å². The fourth-order valence-corrected chi connectivity index (χ4v) is 2.55. The van der Waals surface area contributed by atoms with Gasteiger partial charge < -0.3 is 5.73 Å². The highest BCUT2D eigenvalue weighted by Crippen LogP contribution is 2.26. The molecule has 3 rings (SSSR count). The maximum Gasteiger partial charge on any atom is 0.265 e. The third-order valence-electron chi connectivity index (χ3n) is 3.72. The normalized spacial score (nSPS) is 15.8. The van der Waals surface area contributed by atoms with Crippen LogP contribution in [0.1, 0.15) is 34.5 Å². The molecule has 0 fully saturated rings. The Hall–Kier alpha value is -2.46. The first kappa shape index (κ1) is 13.5. The number of rotatable bonds is 2. The number of hydrogen-bond acceptors (Lipinski definition) is 3. The molecule has 0 spiro atoms. The molecule has 0 aliphatic carbocycles. The largest absolute Gasteiger partial charge is 0.324 e. The standard InChI is InChI=1S/C17H16N2O2/c1-11(18)12-6-8-14(9-7-12)19-16(20)10-13-4-2-3-5-15(13)17(19)21/h2-9,11H,10,18H2,1H3. The van der Waals surface area contributed by atoms with Crippen molar-refractivity contribution in [3.63, 3.8) is 0 Å². The summed E-state index contributed by atoms with van der Waals surface area (Å²) in [4.78, 5) is 26.0. The molecule has 106 valence electrons. The van der Waals surface area contributed by atoms with E-state index in [1.54, 1.807) is 18.2 Å².